The zero-order valence-electron chi connectivity index (χ0n) is 14.6. The third kappa shape index (κ3) is 4.34. The maximum atomic E-state index is 12.5. The molecule has 1 fully saturated rings. The Morgan fingerprint density at radius 2 is 2.31 bits per heavy atom. The number of ether oxygens (including phenoxy) is 1. The number of hydrogen-bond donors (Lipinski definition) is 1. The molecule has 7 nitrogen and oxygen atoms in total. The normalized spacial score (nSPS) is 16.8. The molecule has 0 unspecified atom stereocenters. The standard InChI is InChI=1S/C17H20N4O3S2/c1-3-7-25-17-20-19-16(26-17)18-15(23)11-8-14(22)21(10-11)12-5-4-6-13(9-12)24-2/h4-6,9,11H,3,7-8,10H2,1-2H3,(H,18,19,23)/t11-/m1/s1. The van der Waals surface area contributed by atoms with E-state index in [1.165, 1.54) is 11.3 Å². The van der Waals surface area contributed by atoms with Crippen molar-refractivity contribution in [2.24, 2.45) is 5.92 Å². The first kappa shape index (κ1) is 18.7. The van der Waals surface area contributed by atoms with E-state index >= 15 is 0 Å². The molecule has 1 N–H and O–H groups in total. The first-order chi connectivity index (χ1) is 12.6. The van der Waals surface area contributed by atoms with Crippen LogP contribution >= 0.6 is 23.1 Å². The highest BCUT2D eigenvalue weighted by molar-refractivity contribution is 8.01. The molecule has 1 aromatic carbocycles. The molecular weight excluding hydrogens is 372 g/mol. The third-order valence-corrected chi connectivity index (χ3v) is 6.10. The number of anilines is 2. The second-order valence-electron chi connectivity index (χ2n) is 5.82. The first-order valence-electron chi connectivity index (χ1n) is 8.32. The Morgan fingerprint density at radius 1 is 1.46 bits per heavy atom. The summed E-state index contributed by atoms with van der Waals surface area (Å²) in [6, 6.07) is 7.27. The van der Waals surface area contributed by atoms with E-state index in [0.29, 0.717) is 17.4 Å². The molecular formula is C17H20N4O3S2. The Labute approximate surface area is 160 Å². The predicted octanol–water partition coefficient (Wildman–Crippen LogP) is 3.04. The summed E-state index contributed by atoms with van der Waals surface area (Å²) in [6.45, 7) is 2.44. The van der Waals surface area contributed by atoms with E-state index in [1.54, 1.807) is 29.8 Å². The average Bonchev–Trinajstić information content (AvgIpc) is 3.26. The van der Waals surface area contributed by atoms with E-state index in [4.69, 9.17) is 4.74 Å². The van der Waals surface area contributed by atoms with Gasteiger partial charge in [-0.3, -0.25) is 9.59 Å². The topological polar surface area (TPSA) is 84.4 Å². The lowest BCUT2D eigenvalue weighted by atomic mass is 10.1. The zero-order chi connectivity index (χ0) is 18.5. The molecule has 26 heavy (non-hydrogen) atoms. The van der Waals surface area contributed by atoms with Crippen molar-refractivity contribution in [3.63, 3.8) is 0 Å². The van der Waals surface area contributed by atoms with Gasteiger partial charge in [-0.2, -0.15) is 0 Å². The summed E-state index contributed by atoms with van der Waals surface area (Å²) in [5, 5.41) is 11.3. The largest absolute Gasteiger partial charge is 0.497 e. The maximum Gasteiger partial charge on any atom is 0.231 e. The number of carbonyl (C=O) groups excluding carboxylic acids is 2. The summed E-state index contributed by atoms with van der Waals surface area (Å²) in [4.78, 5) is 26.5. The Morgan fingerprint density at radius 3 is 3.08 bits per heavy atom. The molecule has 2 aromatic rings. The highest BCUT2D eigenvalue weighted by atomic mass is 32.2. The van der Waals surface area contributed by atoms with Crippen molar-refractivity contribution in [2.75, 3.05) is 29.6 Å². The van der Waals surface area contributed by atoms with E-state index in [-0.39, 0.29) is 18.2 Å². The molecule has 1 aromatic heterocycles. The van der Waals surface area contributed by atoms with Crippen molar-refractivity contribution in [2.45, 2.75) is 24.1 Å². The quantitative estimate of drug-likeness (QED) is 0.576. The Hall–Kier alpha value is -2.13. The molecule has 1 aliphatic rings. The van der Waals surface area contributed by atoms with Gasteiger partial charge in [-0.05, 0) is 18.6 Å². The van der Waals surface area contributed by atoms with Crippen molar-refractivity contribution in [3.05, 3.63) is 24.3 Å². The van der Waals surface area contributed by atoms with E-state index < -0.39 is 5.92 Å². The van der Waals surface area contributed by atoms with Gasteiger partial charge in [0.05, 0.1) is 13.0 Å². The van der Waals surface area contributed by atoms with Crippen LogP contribution in [0.15, 0.2) is 28.6 Å². The fourth-order valence-corrected chi connectivity index (χ4v) is 4.31. The van der Waals surface area contributed by atoms with Crippen LogP contribution < -0.4 is 15.0 Å². The van der Waals surface area contributed by atoms with Crippen molar-refractivity contribution in [1.82, 2.24) is 10.2 Å². The minimum atomic E-state index is -0.413. The summed E-state index contributed by atoms with van der Waals surface area (Å²) in [6.07, 6.45) is 1.23. The summed E-state index contributed by atoms with van der Waals surface area (Å²) in [5.74, 6) is 0.954. The molecule has 0 radical (unpaired) electrons. The number of carbonyl (C=O) groups is 2. The van der Waals surface area contributed by atoms with Crippen LogP contribution in [0.25, 0.3) is 0 Å². The lowest BCUT2D eigenvalue weighted by Crippen LogP contribution is -2.28. The van der Waals surface area contributed by atoms with Crippen LogP contribution in [0, 0.1) is 5.92 Å². The summed E-state index contributed by atoms with van der Waals surface area (Å²) in [5.41, 5.74) is 0.735. The van der Waals surface area contributed by atoms with Crippen LogP contribution in [0.5, 0.6) is 5.75 Å². The summed E-state index contributed by atoms with van der Waals surface area (Å²) >= 11 is 2.98. The average molecular weight is 393 g/mol. The van der Waals surface area contributed by atoms with Gasteiger partial charge in [0.15, 0.2) is 4.34 Å². The number of nitrogens with one attached hydrogen (secondary N) is 1. The van der Waals surface area contributed by atoms with Crippen LogP contribution in [-0.2, 0) is 9.59 Å². The van der Waals surface area contributed by atoms with Gasteiger partial charge in [0, 0.05) is 30.5 Å². The molecule has 2 amide bonds. The van der Waals surface area contributed by atoms with Crippen LogP contribution in [-0.4, -0.2) is 41.4 Å². The monoisotopic (exact) mass is 392 g/mol. The number of amides is 2. The molecule has 3 rings (SSSR count). The van der Waals surface area contributed by atoms with Gasteiger partial charge in [0.1, 0.15) is 5.75 Å². The first-order valence-corrected chi connectivity index (χ1v) is 10.1. The molecule has 1 atom stereocenters. The molecule has 0 aliphatic carbocycles. The second kappa shape index (κ2) is 8.50. The van der Waals surface area contributed by atoms with Gasteiger partial charge < -0.3 is 15.0 Å². The van der Waals surface area contributed by atoms with Crippen molar-refractivity contribution >= 4 is 45.7 Å². The molecule has 138 valence electrons. The van der Waals surface area contributed by atoms with Crippen molar-refractivity contribution in [3.8, 4) is 5.75 Å². The Balaban J connectivity index is 1.62. The minimum Gasteiger partial charge on any atom is -0.497 e. The highest BCUT2D eigenvalue weighted by Gasteiger charge is 2.35. The number of rotatable bonds is 7. The van der Waals surface area contributed by atoms with E-state index in [2.05, 4.69) is 22.4 Å². The molecule has 2 heterocycles. The lowest BCUT2D eigenvalue weighted by Gasteiger charge is -2.17. The summed E-state index contributed by atoms with van der Waals surface area (Å²) in [7, 11) is 1.58. The Kier molecular flexibility index (Phi) is 6.10. The molecule has 0 bridgehead atoms. The van der Waals surface area contributed by atoms with Gasteiger partial charge >= 0.3 is 0 Å². The molecule has 1 saturated heterocycles. The van der Waals surface area contributed by atoms with Crippen molar-refractivity contribution in [1.29, 1.82) is 0 Å². The van der Waals surface area contributed by atoms with E-state index in [9.17, 15) is 9.59 Å². The van der Waals surface area contributed by atoms with Gasteiger partial charge in [0.25, 0.3) is 0 Å². The number of methoxy groups -OCH3 is 1. The number of aromatic nitrogens is 2. The van der Waals surface area contributed by atoms with Crippen molar-refractivity contribution < 1.29 is 14.3 Å². The number of benzene rings is 1. The molecule has 9 heteroatoms. The van der Waals surface area contributed by atoms with Crippen LogP contribution in [0.4, 0.5) is 10.8 Å². The van der Waals surface area contributed by atoms with E-state index in [1.807, 2.05) is 18.2 Å². The van der Waals surface area contributed by atoms with Gasteiger partial charge in [-0.1, -0.05) is 36.1 Å². The van der Waals surface area contributed by atoms with Gasteiger partial charge in [-0.25, -0.2) is 0 Å². The summed E-state index contributed by atoms with van der Waals surface area (Å²) < 4.78 is 6.04. The van der Waals surface area contributed by atoms with E-state index in [0.717, 1.165) is 22.2 Å². The molecule has 0 spiro atoms. The fourth-order valence-electron chi connectivity index (χ4n) is 2.63. The minimum absolute atomic E-state index is 0.0742. The third-order valence-electron chi connectivity index (χ3n) is 3.93. The molecule has 1 aliphatic heterocycles. The van der Waals surface area contributed by atoms with Crippen LogP contribution in [0.1, 0.15) is 19.8 Å². The number of hydrogen-bond acceptors (Lipinski definition) is 7. The number of nitrogens with zero attached hydrogens (tertiary/aromatic N) is 3. The fraction of sp³-hybridized carbons (Fsp3) is 0.412. The zero-order valence-corrected chi connectivity index (χ0v) is 16.2. The second-order valence-corrected chi connectivity index (χ2v) is 8.14. The smallest absolute Gasteiger partial charge is 0.231 e. The Bertz CT molecular complexity index is 796. The van der Waals surface area contributed by atoms with Crippen LogP contribution in [0.2, 0.25) is 0 Å². The lowest BCUT2D eigenvalue weighted by molar-refractivity contribution is -0.122. The van der Waals surface area contributed by atoms with Crippen LogP contribution in [0.3, 0.4) is 0 Å². The van der Waals surface area contributed by atoms with Gasteiger partial charge in [0.2, 0.25) is 16.9 Å². The van der Waals surface area contributed by atoms with Gasteiger partial charge in [-0.15, -0.1) is 10.2 Å². The molecule has 0 saturated carbocycles. The maximum absolute atomic E-state index is 12.5. The highest BCUT2D eigenvalue weighted by Crippen LogP contribution is 2.30. The number of thioether (sulfide) groups is 1. The predicted molar refractivity (Wildman–Crippen MR) is 103 cm³/mol. The SMILES string of the molecule is CCCSc1nnc(NC(=O)[C@@H]2CC(=O)N(c3cccc(OC)c3)C2)s1.